The molecule has 8 nitrogen and oxygen atoms in total. The van der Waals surface area contributed by atoms with Gasteiger partial charge in [0.1, 0.15) is 23.5 Å². The third-order valence-corrected chi connectivity index (χ3v) is 5.70. The summed E-state index contributed by atoms with van der Waals surface area (Å²) in [6.07, 6.45) is 0.895. The highest BCUT2D eigenvalue weighted by Crippen LogP contribution is 2.22. The van der Waals surface area contributed by atoms with Gasteiger partial charge < -0.3 is 14.4 Å². The van der Waals surface area contributed by atoms with Crippen LogP contribution in [0.1, 0.15) is 48.0 Å². The molecule has 174 valence electrons. The number of ether oxygens (including phenoxy) is 2. The summed E-state index contributed by atoms with van der Waals surface area (Å²) in [4.78, 5) is 23.8. The van der Waals surface area contributed by atoms with Gasteiger partial charge in [-0.1, -0.05) is 18.2 Å². The number of nitrogens with zero attached hydrogens (tertiary/aromatic N) is 5. The standard InChI is InChI=1S/C25H31N5O3/c1-4-32-22-10-8-20(9-11-22)16-21-6-5-7-23(27-21)24-17-29(14-15-33-24)25(31)12-13-30-19(3)26-18(2)28-30/h5-11,24H,4,12-17H2,1-3H3/t24-/m0/s1. The van der Waals surface area contributed by atoms with E-state index >= 15 is 0 Å². The molecule has 0 radical (unpaired) electrons. The van der Waals surface area contributed by atoms with Crippen LogP contribution in [-0.4, -0.2) is 56.9 Å². The Morgan fingerprint density at radius 1 is 1.15 bits per heavy atom. The summed E-state index contributed by atoms with van der Waals surface area (Å²) >= 11 is 0. The molecule has 1 aliphatic rings. The van der Waals surface area contributed by atoms with E-state index < -0.39 is 0 Å². The molecule has 4 rings (SSSR count). The molecule has 0 N–H and O–H groups in total. The van der Waals surface area contributed by atoms with Crippen molar-refractivity contribution in [3.05, 3.63) is 71.1 Å². The van der Waals surface area contributed by atoms with E-state index in [1.807, 2.05) is 56.0 Å². The summed E-state index contributed by atoms with van der Waals surface area (Å²) < 4.78 is 13.3. The molecule has 3 aromatic rings. The zero-order valence-electron chi connectivity index (χ0n) is 19.5. The topological polar surface area (TPSA) is 82.4 Å². The van der Waals surface area contributed by atoms with E-state index in [9.17, 15) is 4.79 Å². The lowest BCUT2D eigenvalue weighted by molar-refractivity contribution is -0.139. The average Bonchev–Trinajstić information content (AvgIpc) is 3.16. The highest BCUT2D eigenvalue weighted by Gasteiger charge is 2.26. The first-order chi connectivity index (χ1) is 16.0. The van der Waals surface area contributed by atoms with Gasteiger partial charge in [0.05, 0.1) is 32.0 Å². The molecular formula is C25H31N5O3. The number of morpholine rings is 1. The van der Waals surface area contributed by atoms with Gasteiger partial charge in [-0.25, -0.2) is 9.67 Å². The van der Waals surface area contributed by atoms with E-state index in [2.05, 4.69) is 22.2 Å². The molecule has 0 unspecified atom stereocenters. The maximum Gasteiger partial charge on any atom is 0.224 e. The number of benzene rings is 1. The van der Waals surface area contributed by atoms with Crippen LogP contribution in [0.3, 0.4) is 0 Å². The maximum absolute atomic E-state index is 12.8. The Bertz CT molecular complexity index is 1080. The van der Waals surface area contributed by atoms with Crippen molar-refractivity contribution >= 4 is 5.91 Å². The van der Waals surface area contributed by atoms with Crippen molar-refractivity contribution in [1.29, 1.82) is 0 Å². The molecule has 0 aliphatic carbocycles. The van der Waals surface area contributed by atoms with Crippen LogP contribution in [0.4, 0.5) is 0 Å². The number of aromatic nitrogens is 4. The Balaban J connectivity index is 1.36. The fraction of sp³-hybridized carbons (Fsp3) is 0.440. The fourth-order valence-corrected chi connectivity index (χ4v) is 4.04. The average molecular weight is 450 g/mol. The lowest BCUT2D eigenvalue weighted by Crippen LogP contribution is -2.42. The Hall–Kier alpha value is -3.26. The maximum atomic E-state index is 12.8. The Morgan fingerprint density at radius 2 is 1.97 bits per heavy atom. The van der Waals surface area contributed by atoms with Gasteiger partial charge in [0.15, 0.2) is 0 Å². The van der Waals surface area contributed by atoms with E-state index in [0.717, 1.165) is 35.2 Å². The minimum Gasteiger partial charge on any atom is -0.494 e. The summed E-state index contributed by atoms with van der Waals surface area (Å²) in [7, 11) is 0. The highest BCUT2D eigenvalue weighted by atomic mass is 16.5. The first-order valence-electron chi connectivity index (χ1n) is 11.5. The first kappa shape index (κ1) is 22.9. The number of aryl methyl sites for hydroxylation is 3. The van der Waals surface area contributed by atoms with Crippen molar-refractivity contribution in [3.63, 3.8) is 0 Å². The van der Waals surface area contributed by atoms with E-state index in [0.29, 0.717) is 39.3 Å². The lowest BCUT2D eigenvalue weighted by Gasteiger charge is -2.33. The minimum atomic E-state index is -0.224. The Morgan fingerprint density at radius 3 is 2.70 bits per heavy atom. The summed E-state index contributed by atoms with van der Waals surface area (Å²) in [6, 6.07) is 14.1. The second-order valence-electron chi connectivity index (χ2n) is 8.19. The van der Waals surface area contributed by atoms with Crippen LogP contribution in [0.25, 0.3) is 0 Å². The number of hydrogen-bond acceptors (Lipinski definition) is 6. The summed E-state index contributed by atoms with van der Waals surface area (Å²) in [5.74, 6) is 2.52. The number of pyridine rings is 1. The number of amides is 1. The van der Waals surface area contributed by atoms with Crippen molar-refractivity contribution in [2.45, 2.75) is 46.3 Å². The largest absolute Gasteiger partial charge is 0.494 e. The van der Waals surface area contributed by atoms with Crippen LogP contribution in [0.2, 0.25) is 0 Å². The van der Waals surface area contributed by atoms with Crippen molar-refractivity contribution < 1.29 is 14.3 Å². The molecule has 0 spiro atoms. The van der Waals surface area contributed by atoms with Crippen LogP contribution in [0, 0.1) is 13.8 Å². The number of rotatable bonds is 8. The second kappa shape index (κ2) is 10.6. The highest BCUT2D eigenvalue weighted by molar-refractivity contribution is 5.76. The predicted molar refractivity (Wildman–Crippen MR) is 124 cm³/mol. The van der Waals surface area contributed by atoms with Crippen LogP contribution in [0.15, 0.2) is 42.5 Å². The van der Waals surface area contributed by atoms with Crippen LogP contribution in [-0.2, 0) is 22.5 Å². The minimum absolute atomic E-state index is 0.0985. The van der Waals surface area contributed by atoms with Crippen molar-refractivity contribution in [1.82, 2.24) is 24.6 Å². The summed E-state index contributed by atoms with van der Waals surface area (Å²) in [5.41, 5.74) is 3.00. The van der Waals surface area contributed by atoms with Crippen LogP contribution >= 0.6 is 0 Å². The molecule has 1 aromatic carbocycles. The zero-order valence-corrected chi connectivity index (χ0v) is 19.5. The molecule has 1 amide bonds. The number of carbonyl (C=O) groups excluding carboxylic acids is 1. The van der Waals surface area contributed by atoms with Gasteiger partial charge >= 0.3 is 0 Å². The third kappa shape index (κ3) is 5.96. The van der Waals surface area contributed by atoms with Crippen LogP contribution in [0.5, 0.6) is 5.75 Å². The van der Waals surface area contributed by atoms with E-state index in [-0.39, 0.29) is 12.0 Å². The third-order valence-electron chi connectivity index (χ3n) is 5.70. The molecule has 1 fully saturated rings. The van der Waals surface area contributed by atoms with Crippen molar-refractivity contribution in [2.75, 3.05) is 26.3 Å². The van der Waals surface area contributed by atoms with Gasteiger partial charge in [-0.2, -0.15) is 5.10 Å². The van der Waals surface area contributed by atoms with E-state index in [1.54, 1.807) is 4.68 Å². The monoisotopic (exact) mass is 449 g/mol. The van der Waals surface area contributed by atoms with Crippen LogP contribution < -0.4 is 4.74 Å². The molecule has 1 atom stereocenters. The number of carbonyl (C=O) groups is 1. The second-order valence-corrected chi connectivity index (χ2v) is 8.19. The molecular weight excluding hydrogens is 418 g/mol. The Kier molecular flexibility index (Phi) is 7.34. The quantitative estimate of drug-likeness (QED) is 0.525. The molecule has 2 aromatic heterocycles. The molecule has 0 saturated carbocycles. The summed E-state index contributed by atoms with van der Waals surface area (Å²) in [5, 5.41) is 4.34. The van der Waals surface area contributed by atoms with E-state index in [1.165, 1.54) is 5.56 Å². The predicted octanol–water partition coefficient (Wildman–Crippen LogP) is 3.27. The smallest absolute Gasteiger partial charge is 0.224 e. The van der Waals surface area contributed by atoms with E-state index in [4.69, 9.17) is 14.5 Å². The first-order valence-corrected chi connectivity index (χ1v) is 11.5. The van der Waals surface area contributed by atoms with Crippen molar-refractivity contribution in [3.8, 4) is 5.75 Å². The van der Waals surface area contributed by atoms with Gasteiger partial charge in [0, 0.05) is 25.1 Å². The van der Waals surface area contributed by atoms with Gasteiger partial charge in [0.25, 0.3) is 0 Å². The van der Waals surface area contributed by atoms with Gasteiger partial charge in [-0.3, -0.25) is 9.78 Å². The molecule has 1 aliphatic heterocycles. The lowest BCUT2D eigenvalue weighted by atomic mass is 10.1. The van der Waals surface area contributed by atoms with Crippen molar-refractivity contribution in [2.24, 2.45) is 0 Å². The molecule has 0 bridgehead atoms. The van der Waals surface area contributed by atoms with Gasteiger partial charge in [0.2, 0.25) is 5.91 Å². The fourth-order valence-electron chi connectivity index (χ4n) is 4.04. The summed E-state index contributed by atoms with van der Waals surface area (Å²) in [6.45, 7) is 8.53. The SMILES string of the molecule is CCOc1ccc(Cc2cccc([C@@H]3CN(C(=O)CCn4nc(C)nc4C)CCO3)n2)cc1. The Labute approximate surface area is 194 Å². The normalized spacial score (nSPS) is 16.1. The molecule has 33 heavy (non-hydrogen) atoms. The van der Waals surface area contributed by atoms with Gasteiger partial charge in [-0.15, -0.1) is 0 Å². The molecule has 3 heterocycles. The molecule has 8 heteroatoms. The zero-order chi connectivity index (χ0) is 23.2. The van der Waals surface area contributed by atoms with Gasteiger partial charge in [-0.05, 0) is 50.6 Å². The molecule has 1 saturated heterocycles. The number of hydrogen-bond donors (Lipinski definition) is 0.